The van der Waals surface area contributed by atoms with Gasteiger partial charge >= 0.3 is 0 Å². The molecule has 0 bridgehead atoms. The van der Waals surface area contributed by atoms with Gasteiger partial charge in [-0.2, -0.15) is 5.10 Å². The summed E-state index contributed by atoms with van der Waals surface area (Å²) in [5, 5.41) is 7.32. The lowest BCUT2D eigenvalue weighted by molar-refractivity contribution is -0.118. The number of carbonyl (C=O) groups excluding carboxylic acids is 1. The lowest BCUT2D eigenvalue weighted by atomic mass is 10.0. The van der Waals surface area contributed by atoms with Gasteiger partial charge in [0.15, 0.2) is 6.61 Å². The Hall–Kier alpha value is -3.08. The first-order valence-corrected chi connectivity index (χ1v) is 8.99. The number of hydrogen-bond acceptors (Lipinski definition) is 3. The smallest absolute Gasteiger partial charge is 0.262 e. The SMILES string of the molecule is Cc1ccc(OCC(=O)Nc2ccc(Cc3c(C)nn(C)c3C)cc2)cc1. The zero-order chi connectivity index (χ0) is 19.4. The highest BCUT2D eigenvalue weighted by molar-refractivity contribution is 5.91. The van der Waals surface area contributed by atoms with Crippen molar-refractivity contribution in [3.8, 4) is 5.75 Å². The Morgan fingerprint density at radius 3 is 2.30 bits per heavy atom. The molecule has 3 aromatic rings. The number of aryl methyl sites for hydroxylation is 3. The average molecular weight is 363 g/mol. The molecule has 0 spiro atoms. The third kappa shape index (κ3) is 4.76. The van der Waals surface area contributed by atoms with E-state index in [4.69, 9.17) is 4.74 Å². The van der Waals surface area contributed by atoms with Crippen molar-refractivity contribution < 1.29 is 9.53 Å². The number of ether oxygens (including phenoxy) is 1. The Labute approximate surface area is 160 Å². The van der Waals surface area contributed by atoms with Crippen LogP contribution in [0.1, 0.15) is 28.1 Å². The molecule has 0 unspecified atom stereocenters. The summed E-state index contributed by atoms with van der Waals surface area (Å²) in [6.07, 6.45) is 0.830. The third-order valence-corrected chi connectivity index (χ3v) is 4.67. The van der Waals surface area contributed by atoms with E-state index in [-0.39, 0.29) is 12.5 Å². The normalized spacial score (nSPS) is 10.7. The van der Waals surface area contributed by atoms with Crippen molar-refractivity contribution in [2.75, 3.05) is 11.9 Å². The molecule has 0 saturated heterocycles. The summed E-state index contributed by atoms with van der Waals surface area (Å²) in [7, 11) is 1.96. The number of anilines is 1. The van der Waals surface area contributed by atoms with Crippen LogP contribution in [0.5, 0.6) is 5.75 Å². The van der Waals surface area contributed by atoms with E-state index < -0.39 is 0 Å². The second kappa shape index (κ2) is 8.08. The van der Waals surface area contributed by atoms with Gasteiger partial charge in [0.1, 0.15) is 5.75 Å². The van der Waals surface area contributed by atoms with Crippen LogP contribution in [-0.2, 0) is 18.3 Å². The number of nitrogens with zero attached hydrogens (tertiary/aromatic N) is 2. The molecule has 140 valence electrons. The highest BCUT2D eigenvalue weighted by atomic mass is 16.5. The second-order valence-corrected chi connectivity index (χ2v) is 6.80. The number of aromatic nitrogens is 2. The van der Waals surface area contributed by atoms with Crippen molar-refractivity contribution in [3.63, 3.8) is 0 Å². The monoisotopic (exact) mass is 363 g/mol. The number of amides is 1. The standard InChI is InChI=1S/C22H25N3O2/c1-15-5-11-20(12-6-15)27-14-22(26)23-19-9-7-18(8-10-19)13-21-16(2)24-25(4)17(21)3/h5-12H,13-14H2,1-4H3,(H,23,26). The summed E-state index contributed by atoms with van der Waals surface area (Å²) in [6.45, 7) is 6.11. The minimum Gasteiger partial charge on any atom is -0.484 e. The highest BCUT2D eigenvalue weighted by Crippen LogP contribution is 2.19. The predicted octanol–water partition coefficient (Wildman–Crippen LogP) is 3.95. The van der Waals surface area contributed by atoms with Crippen LogP contribution in [0.15, 0.2) is 48.5 Å². The fourth-order valence-electron chi connectivity index (χ4n) is 2.96. The van der Waals surface area contributed by atoms with Crippen molar-refractivity contribution >= 4 is 11.6 Å². The summed E-state index contributed by atoms with van der Waals surface area (Å²) >= 11 is 0. The van der Waals surface area contributed by atoms with Crippen LogP contribution in [-0.4, -0.2) is 22.3 Å². The van der Waals surface area contributed by atoms with Crippen LogP contribution < -0.4 is 10.1 Å². The lowest BCUT2D eigenvalue weighted by Gasteiger charge is -2.09. The number of rotatable bonds is 6. The van der Waals surface area contributed by atoms with Gasteiger partial charge < -0.3 is 10.1 Å². The van der Waals surface area contributed by atoms with Crippen LogP contribution >= 0.6 is 0 Å². The first kappa shape index (κ1) is 18.7. The summed E-state index contributed by atoms with van der Waals surface area (Å²) in [5.74, 6) is 0.510. The van der Waals surface area contributed by atoms with Gasteiger partial charge in [0, 0.05) is 30.4 Å². The molecule has 0 atom stereocenters. The maximum atomic E-state index is 12.1. The Bertz CT molecular complexity index is 925. The predicted molar refractivity (Wildman–Crippen MR) is 107 cm³/mol. The minimum atomic E-state index is -0.178. The number of benzene rings is 2. The molecule has 1 heterocycles. The van der Waals surface area contributed by atoms with Gasteiger partial charge in [0.05, 0.1) is 5.69 Å². The highest BCUT2D eigenvalue weighted by Gasteiger charge is 2.10. The van der Waals surface area contributed by atoms with E-state index in [1.807, 2.05) is 74.1 Å². The largest absolute Gasteiger partial charge is 0.484 e. The van der Waals surface area contributed by atoms with Crippen LogP contribution in [0.4, 0.5) is 5.69 Å². The summed E-state index contributed by atoms with van der Waals surface area (Å²) in [6, 6.07) is 15.5. The van der Waals surface area contributed by atoms with Gasteiger partial charge in [-0.15, -0.1) is 0 Å². The first-order valence-electron chi connectivity index (χ1n) is 8.99. The second-order valence-electron chi connectivity index (χ2n) is 6.80. The molecule has 1 N–H and O–H groups in total. The van der Waals surface area contributed by atoms with Crippen molar-refractivity contribution in [3.05, 3.63) is 76.6 Å². The first-order chi connectivity index (χ1) is 12.9. The summed E-state index contributed by atoms with van der Waals surface area (Å²) in [4.78, 5) is 12.1. The van der Waals surface area contributed by atoms with Gasteiger partial charge in [-0.3, -0.25) is 9.48 Å². The van der Waals surface area contributed by atoms with Gasteiger partial charge in [-0.25, -0.2) is 0 Å². The Kier molecular flexibility index (Phi) is 5.60. The molecule has 3 rings (SSSR count). The number of hydrogen-bond donors (Lipinski definition) is 1. The van der Waals surface area contributed by atoms with E-state index in [0.29, 0.717) is 5.75 Å². The van der Waals surface area contributed by atoms with Gasteiger partial charge in [0.2, 0.25) is 0 Å². The molecule has 0 radical (unpaired) electrons. The molecule has 0 saturated carbocycles. The summed E-state index contributed by atoms with van der Waals surface area (Å²) < 4.78 is 7.42. The van der Waals surface area contributed by atoms with Gasteiger partial charge in [0.25, 0.3) is 5.91 Å². The maximum absolute atomic E-state index is 12.1. The van der Waals surface area contributed by atoms with Crippen LogP contribution in [0, 0.1) is 20.8 Å². The van der Waals surface area contributed by atoms with E-state index in [1.54, 1.807) is 0 Å². The Morgan fingerprint density at radius 1 is 1.04 bits per heavy atom. The van der Waals surface area contributed by atoms with Gasteiger partial charge in [-0.05, 0) is 50.6 Å². The van der Waals surface area contributed by atoms with Crippen LogP contribution in [0.25, 0.3) is 0 Å². The van der Waals surface area contributed by atoms with Crippen molar-refractivity contribution in [2.24, 2.45) is 7.05 Å². The van der Waals surface area contributed by atoms with E-state index in [0.717, 1.165) is 23.4 Å². The third-order valence-electron chi connectivity index (χ3n) is 4.67. The maximum Gasteiger partial charge on any atom is 0.262 e. The van der Waals surface area contributed by atoms with E-state index in [9.17, 15) is 4.79 Å². The topological polar surface area (TPSA) is 56.1 Å². The molecule has 5 nitrogen and oxygen atoms in total. The molecule has 0 aliphatic rings. The molecular weight excluding hydrogens is 338 g/mol. The Morgan fingerprint density at radius 2 is 1.70 bits per heavy atom. The molecule has 0 aliphatic heterocycles. The zero-order valence-electron chi connectivity index (χ0n) is 16.2. The molecule has 2 aromatic carbocycles. The zero-order valence-corrected chi connectivity index (χ0v) is 16.2. The molecule has 27 heavy (non-hydrogen) atoms. The van der Waals surface area contributed by atoms with Crippen LogP contribution in [0.3, 0.4) is 0 Å². The van der Waals surface area contributed by atoms with E-state index >= 15 is 0 Å². The van der Waals surface area contributed by atoms with Crippen LogP contribution in [0.2, 0.25) is 0 Å². The van der Waals surface area contributed by atoms with Crippen molar-refractivity contribution in [2.45, 2.75) is 27.2 Å². The molecule has 1 amide bonds. The Balaban J connectivity index is 1.55. The van der Waals surface area contributed by atoms with Crippen molar-refractivity contribution in [1.29, 1.82) is 0 Å². The van der Waals surface area contributed by atoms with Crippen molar-refractivity contribution in [1.82, 2.24) is 9.78 Å². The number of carbonyl (C=O) groups is 1. The lowest BCUT2D eigenvalue weighted by Crippen LogP contribution is -2.20. The average Bonchev–Trinajstić information content (AvgIpc) is 2.89. The molecule has 1 aromatic heterocycles. The fourth-order valence-corrected chi connectivity index (χ4v) is 2.96. The molecule has 0 fully saturated rings. The molecule has 0 aliphatic carbocycles. The van der Waals surface area contributed by atoms with E-state index in [2.05, 4.69) is 17.3 Å². The minimum absolute atomic E-state index is 0.0150. The van der Waals surface area contributed by atoms with E-state index in [1.165, 1.54) is 16.8 Å². The fraction of sp³-hybridized carbons (Fsp3) is 0.273. The molecular formula is C22H25N3O2. The van der Waals surface area contributed by atoms with Gasteiger partial charge in [-0.1, -0.05) is 29.8 Å². The number of nitrogens with one attached hydrogen (secondary N) is 1. The quantitative estimate of drug-likeness (QED) is 0.721. The summed E-state index contributed by atoms with van der Waals surface area (Å²) in [5.41, 5.74) is 6.59. The molecule has 5 heteroatoms.